The van der Waals surface area contributed by atoms with Crippen molar-refractivity contribution in [3.05, 3.63) is 121 Å². The molecule has 35 heavy (non-hydrogen) atoms. The summed E-state index contributed by atoms with van der Waals surface area (Å²) in [7, 11) is -2.23. The zero-order valence-electron chi connectivity index (χ0n) is 18.3. The maximum absolute atomic E-state index is 13.3. The molecule has 0 unspecified atom stereocenters. The fraction of sp³-hybridized carbons (Fsp3) is 0.111. The summed E-state index contributed by atoms with van der Waals surface area (Å²) in [6, 6.07) is 35.6. The van der Waals surface area contributed by atoms with Crippen molar-refractivity contribution in [3.8, 4) is 5.75 Å². The Hall–Kier alpha value is -2.76. The van der Waals surface area contributed by atoms with E-state index in [0.29, 0.717) is 6.16 Å². The molecule has 0 spiro atoms. The molecule has 0 aromatic heterocycles. The molecule has 0 bridgehead atoms. The van der Waals surface area contributed by atoms with Crippen LogP contribution >= 0.6 is 7.26 Å². The average molecular weight is 567 g/mol. The lowest BCUT2D eigenvalue weighted by molar-refractivity contribution is -0.360. The van der Waals surface area contributed by atoms with Gasteiger partial charge in [0, 0.05) is 0 Å². The summed E-state index contributed by atoms with van der Waals surface area (Å²) < 4.78 is 68.1. The number of hydrogen-bond donors (Lipinski definition) is 0. The molecule has 0 amide bonds. The van der Waals surface area contributed by atoms with Crippen LogP contribution in [0.4, 0.5) is 22.0 Å². The summed E-state index contributed by atoms with van der Waals surface area (Å²) in [5.41, 5.74) is 0.799. The van der Waals surface area contributed by atoms with E-state index in [1.165, 1.54) is 0 Å². The Bertz CT molecular complexity index is 1100. The molecule has 0 fully saturated rings. The van der Waals surface area contributed by atoms with Gasteiger partial charge >= 0.3 is 12.3 Å². The van der Waals surface area contributed by atoms with E-state index in [4.69, 9.17) is 0 Å². The summed E-state index contributed by atoms with van der Waals surface area (Å²) in [4.78, 5) is 0. The van der Waals surface area contributed by atoms with Gasteiger partial charge in [0.1, 0.15) is 28.9 Å². The van der Waals surface area contributed by atoms with Gasteiger partial charge in [0.05, 0.1) is 6.16 Å². The Kier molecular flexibility index (Phi) is 8.34. The molecule has 4 aromatic carbocycles. The third-order valence-electron chi connectivity index (χ3n) is 5.51. The second-order valence-corrected chi connectivity index (χ2v) is 11.2. The minimum absolute atomic E-state index is 0. The third kappa shape index (κ3) is 5.74. The molecule has 182 valence electrons. The second kappa shape index (κ2) is 10.9. The van der Waals surface area contributed by atoms with Crippen molar-refractivity contribution in [2.45, 2.75) is 18.4 Å². The van der Waals surface area contributed by atoms with Gasteiger partial charge in [0.15, 0.2) is 0 Å². The maximum atomic E-state index is 13.3. The van der Waals surface area contributed by atoms with Gasteiger partial charge < -0.3 is 21.7 Å². The van der Waals surface area contributed by atoms with Crippen LogP contribution in [0.1, 0.15) is 5.56 Å². The lowest BCUT2D eigenvalue weighted by atomic mass is 10.2. The van der Waals surface area contributed by atoms with Gasteiger partial charge in [-0.25, -0.2) is 0 Å². The summed E-state index contributed by atoms with van der Waals surface area (Å²) in [5.74, 6) is -0.547. The quantitative estimate of drug-likeness (QED) is 0.245. The fourth-order valence-corrected chi connectivity index (χ4v) is 8.16. The second-order valence-electron chi connectivity index (χ2n) is 7.74. The molecule has 4 rings (SSSR count). The van der Waals surface area contributed by atoms with Crippen molar-refractivity contribution >= 4 is 23.2 Å². The number of benzene rings is 4. The summed E-state index contributed by atoms with van der Waals surface area (Å²) >= 11 is 0. The normalized spacial score (nSPS) is 12.0. The molecule has 0 N–H and O–H groups in total. The molecule has 0 aliphatic rings. The largest absolute Gasteiger partial charge is 1.00 e. The molecule has 0 saturated carbocycles. The molecule has 0 saturated heterocycles. The van der Waals surface area contributed by atoms with Gasteiger partial charge in [0.25, 0.3) is 0 Å². The Balaban J connectivity index is 0.00000342. The smallest absolute Gasteiger partial charge is 0.499 e. The van der Waals surface area contributed by atoms with Gasteiger partial charge in [0.2, 0.25) is 0 Å². The van der Waals surface area contributed by atoms with Crippen LogP contribution in [0.3, 0.4) is 0 Å². The predicted octanol–water partition coefficient (Wildman–Crippen LogP) is 3.72. The first-order valence-electron chi connectivity index (χ1n) is 10.5. The molecule has 0 heterocycles. The minimum Gasteiger partial charge on any atom is -1.00 e. The van der Waals surface area contributed by atoms with Gasteiger partial charge in [-0.2, -0.15) is 22.0 Å². The average Bonchev–Trinajstić information content (AvgIpc) is 2.84. The first kappa shape index (κ1) is 26.8. The first-order chi connectivity index (χ1) is 16.2. The van der Waals surface area contributed by atoms with Crippen molar-refractivity contribution in [1.29, 1.82) is 0 Å². The molecule has 0 aliphatic heterocycles. The van der Waals surface area contributed by atoms with E-state index in [1.807, 2.05) is 54.6 Å². The van der Waals surface area contributed by atoms with Crippen LogP contribution in [0.5, 0.6) is 5.75 Å². The highest BCUT2D eigenvalue weighted by atomic mass is 79.9. The zero-order chi connectivity index (χ0) is 24.2. The lowest BCUT2D eigenvalue weighted by Gasteiger charge is -2.28. The van der Waals surface area contributed by atoms with Crippen molar-refractivity contribution in [2.24, 2.45) is 0 Å². The molecule has 0 aliphatic carbocycles. The first-order valence-corrected chi connectivity index (χ1v) is 12.5. The van der Waals surface area contributed by atoms with Crippen LogP contribution in [0.2, 0.25) is 0 Å². The molecule has 0 radical (unpaired) electrons. The SMILES string of the molecule is FC(F)(F)C(F)(F)Oc1ccc(C[P+](c2ccccc2)(c2ccccc2)c2ccccc2)cc1.[Br-]. The highest BCUT2D eigenvalue weighted by molar-refractivity contribution is 7.95. The number of alkyl halides is 5. The monoisotopic (exact) mass is 566 g/mol. The molecule has 1 nitrogen and oxygen atoms in total. The number of rotatable bonds is 7. The highest BCUT2D eigenvalue weighted by Gasteiger charge is 2.61. The van der Waals surface area contributed by atoms with E-state index in [9.17, 15) is 22.0 Å². The number of ether oxygens (including phenoxy) is 1. The lowest BCUT2D eigenvalue weighted by Crippen LogP contribution is -3.00. The van der Waals surface area contributed by atoms with Gasteiger partial charge in [-0.15, -0.1) is 0 Å². The van der Waals surface area contributed by atoms with Crippen LogP contribution in [0, 0.1) is 0 Å². The Morgan fingerprint density at radius 3 is 1.26 bits per heavy atom. The molecular weight excluding hydrogens is 546 g/mol. The molecule has 4 aromatic rings. The maximum Gasteiger partial charge on any atom is 0.499 e. The van der Waals surface area contributed by atoms with E-state index in [2.05, 4.69) is 41.1 Å². The predicted molar refractivity (Wildman–Crippen MR) is 127 cm³/mol. The zero-order valence-corrected chi connectivity index (χ0v) is 20.8. The van der Waals surface area contributed by atoms with Crippen molar-refractivity contribution < 1.29 is 43.7 Å². The van der Waals surface area contributed by atoms with Crippen LogP contribution in [0.25, 0.3) is 0 Å². The molecule has 8 heteroatoms. The summed E-state index contributed by atoms with van der Waals surface area (Å²) in [5, 5.41) is 3.41. The number of hydrogen-bond acceptors (Lipinski definition) is 1. The molecule has 0 atom stereocenters. The Morgan fingerprint density at radius 1 is 0.543 bits per heavy atom. The van der Waals surface area contributed by atoms with Crippen LogP contribution in [-0.4, -0.2) is 12.3 Å². The van der Waals surface area contributed by atoms with Crippen LogP contribution < -0.4 is 37.6 Å². The molecular formula is C27H21BrF5OP. The van der Waals surface area contributed by atoms with Crippen molar-refractivity contribution in [1.82, 2.24) is 0 Å². The van der Waals surface area contributed by atoms with E-state index in [1.54, 1.807) is 12.1 Å². The van der Waals surface area contributed by atoms with E-state index < -0.39 is 25.3 Å². The van der Waals surface area contributed by atoms with Crippen molar-refractivity contribution in [2.75, 3.05) is 0 Å². The number of halogens is 6. The summed E-state index contributed by atoms with van der Waals surface area (Å²) in [6.07, 6.45) is -10.5. The standard InChI is InChI=1S/C27H21F5OP.BrH/c28-26(29,30)27(31,32)33-22-18-16-21(17-19-22)20-34(23-10-4-1-5-11-23,24-12-6-2-7-13-24)25-14-8-3-9-15-25;/h1-19H,20H2;1H/q+1;/p-1. The van der Waals surface area contributed by atoms with Crippen LogP contribution in [-0.2, 0) is 6.16 Å². The van der Waals surface area contributed by atoms with Crippen LogP contribution in [0.15, 0.2) is 115 Å². The highest BCUT2D eigenvalue weighted by Crippen LogP contribution is 2.58. The van der Waals surface area contributed by atoms with E-state index >= 15 is 0 Å². The Labute approximate surface area is 211 Å². The fourth-order valence-electron chi connectivity index (χ4n) is 3.91. The Morgan fingerprint density at radius 2 is 0.914 bits per heavy atom. The minimum atomic E-state index is -5.79. The summed E-state index contributed by atoms with van der Waals surface area (Å²) in [6.45, 7) is 0. The van der Waals surface area contributed by atoms with Crippen molar-refractivity contribution in [3.63, 3.8) is 0 Å². The van der Waals surface area contributed by atoms with E-state index in [0.717, 1.165) is 33.6 Å². The van der Waals surface area contributed by atoms with Gasteiger partial charge in [-0.3, -0.25) is 0 Å². The topological polar surface area (TPSA) is 9.23 Å². The third-order valence-corrected chi connectivity index (χ3v) is 9.89. The van der Waals surface area contributed by atoms with E-state index in [-0.39, 0.29) is 17.0 Å². The van der Waals surface area contributed by atoms with Gasteiger partial charge in [-0.1, -0.05) is 66.7 Å². The van der Waals surface area contributed by atoms with Gasteiger partial charge in [-0.05, 0) is 54.1 Å².